The van der Waals surface area contributed by atoms with E-state index in [1.165, 1.54) is 0 Å². The first-order chi connectivity index (χ1) is 11.7. The second kappa shape index (κ2) is 7.66. The monoisotopic (exact) mass is 331 g/mol. The van der Waals surface area contributed by atoms with Crippen LogP contribution in [0.15, 0.2) is 18.2 Å². The number of amides is 2. The van der Waals surface area contributed by atoms with E-state index in [9.17, 15) is 9.59 Å². The van der Waals surface area contributed by atoms with Gasteiger partial charge in [-0.05, 0) is 57.0 Å². The molecule has 1 aromatic carbocycles. The van der Waals surface area contributed by atoms with Crippen LogP contribution < -0.4 is 20.3 Å². The molecule has 6 heteroatoms. The maximum Gasteiger partial charge on any atom is 0.227 e. The standard InChI is InChI=1S/C18H25N3O3/c1-24-16-6-5-14(20-18(23)13-7-9-19-10-8-13)12-15(16)21-11-3-2-4-17(21)22/h5-6,12-13,19H,2-4,7-11H2,1H3,(H,20,23). The van der Waals surface area contributed by atoms with Gasteiger partial charge in [0.15, 0.2) is 0 Å². The van der Waals surface area contributed by atoms with Gasteiger partial charge in [-0.15, -0.1) is 0 Å². The van der Waals surface area contributed by atoms with Crippen LogP contribution in [0.25, 0.3) is 0 Å². The molecule has 0 atom stereocenters. The molecule has 0 aromatic heterocycles. The third-order valence-corrected chi connectivity index (χ3v) is 4.77. The van der Waals surface area contributed by atoms with Crippen molar-refractivity contribution in [3.63, 3.8) is 0 Å². The van der Waals surface area contributed by atoms with Crippen LogP contribution in [0.4, 0.5) is 11.4 Å². The van der Waals surface area contributed by atoms with Gasteiger partial charge in [-0.1, -0.05) is 0 Å². The van der Waals surface area contributed by atoms with Crippen molar-refractivity contribution in [3.8, 4) is 5.75 Å². The zero-order chi connectivity index (χ0) is 16.9. The summed E-state index contributed by atoms with van der Waals surface area (Å²) in [5.74, 6) is 0.873. The van der Waals surface area contributed by atoms with Crippen LogP contribution in [-0.2, 0) is 9.59 Å². The molecule has 0 aliphatic carbocycles. The van der Waals surface area contributed by atoms with Gasteiger partial charge in [0.1, 0.15) is 5.75 Å². The van der Waals surface area contributed by atoms with Gasteiger partial charge in [-0.25, -0.2) is 0 Å². The van der Waals surface area contributed by atoms with Crippen molar-refractivity contribution in [2.24, 2.45) is 5.92 Å². The second-order valence-corrected chi connectivity index (χ2v) is 6.40. The minimum atomic E-state index is 0.0495. The third kappa shape index (κ3) is 3.70. The van der Waals surface area contributed by atoms with Crippen LogP contribution >= 0.6 is 0 Å². The molecule has 3 rings (SSSR count). The van der Waals surface area contributed by atoms with Crippen molar-refractivity contribution in [2.75, 3.05) is 37.0 Å². The fourth-order valence-corrected chi connectivity index (χ4v) is 3.37. The van der Waals surface area contributed by atoms with Crippen molar-refractivity contribution < 1.29 is 14.3 Å². The molecule has 2 fully saturated rings. The van der Waals surface area contributed by atoms with Crippen molar-refractivity contribution in [1.82, 2.24) is 5.32 Å². The van der Waals surface area contributed by atoms with Gasteiger partial charge in [0.05, 0.1) is 12.8 Å². The number of hydrogen-bond donors (Lipinski definition) is 2. The fourth-order valence-electron chi connectivity index (χ4n) is 3.37. The molecule has 6 nitrogen and oxygen atoms in total. The molecule has 0 saturated carbocycles. The largest absolute Gasteiger partial charge is 0.495 e. The van der Waals surface area contributed by atoms with Crippen molar-refractivity contribution in [3.05, 3.63) is 18.2 Å². The van der Waals surface area contributed by atoms with Crippen molar-refractivity contribution in [2.45, 2.75) is 32.1 Å². The average molecular weight is 331 g/mol. The summed E-state index contributed by atoms with van der Waals surface area (Å²) in [4.78, 5) is 26.4. The minimum Gasteiger partial charge on any atom is -0.495 e. The van der Waals surface area contributed by atoms with Gasteiger partial charge in [-0.3, -0.25) is 9.59 Å². The Bertz CT molecular complexity index is 612. The number of anilines is 2. The summed E-state index contributed by atoms with van der Waals surface area (Å²) in [5.41, 5.74) is 1.46. The molecule has 2 amide bonds. The quantitative estimate of drug-likeness (QED) is 0.887. The number of methoxy groups -OCH3 is 1. The number of hydrogen-bond acceptors (Lipinski definition) is 4. The fraction of sp³-hybridized carbons (Fsp3) is 0.556. The van der Waals surface area contributed by atoms with Crippen LogP contribution in [0.2, 0.25) is 0 Å². The topological polar surface area (TPSA) is 70.7 Å². The third-order valence-electron chi connectivity index (χ3n) is 4.77. The molecule has 0 bridgehead atoms. The molecule has 130 valence electrons. The number of ether oxygens (including phenoxy) is 1. The van der Waals surface area contributed by atoms with Gasteiger partial charge in [-0.2, -0.15) is 0 Å². The molecule has 24 heavy (non-hydrogen) atoms. The predicted molar refractivity (Wildman–Crippen MR) is 93.4 cm³/mol. The van der Waals surface area contributed by atoms with E-state index >= 15 is 0 Å². The first kappa shape index (κ1) is 16.8. The Morgan fingerprint density at radius 2 is 2.08 bits per heavy atom. The van der Waals surface area contributed by atoms with Gasteiger partial charge >= 0.3 is 0 Å². The number of nitrogens with one attached hydrogen (secondary N) is 2. The van der Waals surface area contributed by atoms with Crippen molar-refractivity contribution in [1.29, 1.82) is 0 Å². The molecule has 1 aromatic rings. The lowest BCUT2D eigenvalue weighted by molar-refractivity contribution is -0.120. The Hall–Kier alpha value is -2.08. The Morgan fingerprint density at radius 1 is 1.29 bits per heavy atom. The highest BCUT2D eigenvalue weighted by Gasteiger charge is 2.24. The zero-order valence-electron chi connectivity index (χ0n) is 14.1. The highest BCUT2D eigenvalue weighted by molar-refractivity contribution is 5.98. The lowest BCUT2D eigenvalue weighted by atomic mass is 9.97. The summed E-state index contributed by atoms with van der Waals surface area (Å²) in [6, 6.07) is 5.49. The van der Waals surface area contributed by atoms with Crippen LogP contribution in [0.1, 0.15) is 32.1 Å². The van der Waals surface area contributed by atoms with E-state index < -0.39 is 0 Å². The number of piperidine rings is 2. The Kier molecular flexibility index (Phi) is 5.35. The molecule has 2 N–H and O–H groups in total. The molecule has 2 aliphatic heterocycles. The van der Waals surface area contributed by atoms with Gasteiger partial charge in [0.2, 0.25) is 11.8 Å². The molecule has 2 heterocycles. The van der Waals surface area contributed by atoms with E-state index in [1.807, 2.05) is 18.2 Å². The van der Waals surface area contributed by atoms with Crippen LogP contribution in [0, 0.1) is 5.92 Å². The summed E-state index contributed by atoms with van der Waals surface area (Å²) in [7, 11) is 1.60. The van der Waals surface area contributed by atoms with E-state index in [1.54, 1.807) is 12.0 Å². The maximum absolute atomic E-state index is 12.4. The molecule has 2 aliphatic rings. The summed E-state index contributed by atoms with van der Waals surface area (Å²) >= 11 is 0. The highest BCUT2D eigenvalue weighted by Crippen LogP contribution is 2.33. The van der Waals surface area contributed by atoms with Crippen LogP contribution in [0.3, 0.4) is 0 Å². The predicted octanol–water partition coefficient (Wildman–Crippen LogP) is 2.15. The molecule has 0 spiro atoms. The molecular weight excluding hydrogens is 306 g/mol. The SMILES string of the molecule is COc1ccc(NC(=O)C2CCNCC2)cc1N1CCCCC1=O. The first-order valence-corrected chi connectivity index (χ1v) is 8.69. The Morgan fingerprint density at radius 3 is 2.79 bits per heavy atom. The van der Waals surface area contributed by atoms with E-state index in [-0.39, 0.29) is 17.7 Å². The number of carbonyl (C=O) groups excluding carboxylic acids is 2. The molecular formula is C18H25N3O3. The first-order valence-electron chi connectivity index (χ1n) is 8.69. The zero-order valence-corrected chi connectivity index (χ0v) is 14.1. The lowest BCUT2D eigenvalue weighted by Crippen LogP contribution is -2.36. The highest BCUT2D eigenvalue weighted by atomic mass is 16.5. The van der Waals surface area contributed by atoms with E-state index in [2.05, 4.69) is 10.6 Å². The number of nitrogens with zero attached hydrogens (tertiary/aromatic N) is 1. The molecule has 0 unspecified atom stereocenters. The second-order valence-electron chi connectivity index (χ2n) is 6.40. The number of benzene rings is 1. The molecule has 2 saturated heterocycles. The normalized spacial score (nSPS) is 19.2. The minimum absolute atomic E-state index is 0.0495. The summed E-state index contributed by atoms with van der Waals surface area (Å²) in [5, 5.41) is 6.26. The van der Waals surface area contributed by atoms with E-state index in [0.29, 0.717) is 24.4 Å². The van der Waals surface area contributed by atoms with E-state index in [4.69, 9.17) is 4.74 Å². The van der Waals surface area contributed by atoms with Gasteiger partial charge < -0.3 is 20.3 Å². The van der Waals surface area contributed by atoms with Crippen molar-refractivity contribution >= 4 is 23.2 Å². The summed E-state index contributed by atoms with van der Waals surface area (Å²) < 4.78 is 5.41. The van der Waals surface area contributed by atoms with Crippen LogP contribution in [0.5, 0.6) is 5.75 Å². The Labute approximate surface area is 142 Å². The summed E-state index contributed by atoms with van der Waals surface area (Å²) in [6.45, 7) is 2.46. The number of rotatable bonds is 4. The van der Waals surface area contributed by atoms with E-state index in [0.717, 1.165) is 44.5 Å². The average Bonchev–Trinajstić information content (AvgIpc) is 2.63. The summed E-state index contributed by atoms with van der Waals surface area (Å²) in [6.07, 6.45) is 4.21. The van der Waals surface area contributed by atoms with Crippen LogP contribution in [-0.4, -0.2) is 38.6 Å². The smallest absolute Gasteiger partial charge is 0.227 e. The number of carbonyl (C=O) groups is 2. The van der Waals surface area contributed by atoms with Gasteiger partial charge in [0.25, 0.3) is 0 Å². The lowest BCUT2D eigenvalue weighted by Gasteiger charge is -2.28. The Balaban J connectivity index is 1.78. The maximum atomic E-state index is 12.4. The molecule has 0 radical (unpaired) electrons. The van der Waals surface area contributed by atoms with Gasteiger partial charge in [0, 0.05) is 24.6 Å².